The van der Waals surface area contributed by atoms with E-state index in [-0.39, 0.29) is 17.6 Å². The Balaban J connectivity index is 1.94. The molecule has 1 saturated carbocycles. The summed E-state index contributed by atoms with van der Waals surface area (Å²) in [6.07, 6.45) is 0.837. The minimum Gasteiger partial charge on any atom is -0.479 e. The van der Waals surface area contributed by atoms with Gasteiger partial charge in [0, 0.05) is 23.4 Å². The minimum absolute atomic E-state index is 0.0276. The van der Waals surface area contributed by atoms with Crippen molar-refractivity contribution in [1.29, 1.82) is 0 Å². The van der Waals surface area contributed by atoms with E-state index in [0.29, 0.717) is 4.88 Å². The highest BCUT2D eigenvalue weighted by Crippen LogP contribution is 2.42. The fourth-order valence-electron chi connectivity index (χ4n) is 2.57. The second-order valence-electron chi connectivity index (χ2n) is 5.74. The summed E-state index contributed by atoms with van der Waals surface area (Å²) >= 11 is 1.30. The van der Waals surface area contributed by atoms with Crippen LogP contribution in [0, 0.1) is 5.41 Å². The normalized spacial score (nSPS) is 24.7. The molecule has 1 aromatic heterocycles. The van der Waals surface area contributed by atoms with Gasteiger partial charge in [-0.05, 0) is 17.9 Å². The van der Waals surface area contributed by atoms with Gasteiger partial charge in [-0.1, -0.05) is 19.9 Å². The van der Waals surface area contributed by atoms with Crippen LogP contribution in [0.1, 0.15) is 31.2 Å². The van der Waals surface area contributed by atoms with Gasteiger partial charge in [0.2, 0.25) is 0 Å². The highest BCUT2D eigenvalue weighted by Gasteiger charge is 2.49. The van der Waals surface area contributed by atoms with Crippen LogP contribution in [0.4, 0.5) is 4.79 Å². The summed E-state index contributed by atoms with van der Waals surface area (Å²) < 4.78 is 5.33. The Hall–Kier alpha value is -1.60. The maximum absolute atomic E-state index is 12.0. The predicted molar refractivity (Wildman–Crippen MR) is 79.3 cm³/mol. The Bertz CT molecular complexity index is 515. The van der Waals surface area contributed by atoms with E-state index in [2.05, 4.69) is 10.6 Å². The van der Waals surface area contributed by atoms with Gasteiger partial charge >= 0.3 is 12.0 Å². The van der Waals surface area contributed by atoms with Crippen molar-refractivity contribution < 1.29 is 19.4 Å². The first-order chi connectivity index (χ1) is 9.86. The number of hydrogen-bond acceptors (Lipinski definition) is 4. The molecule has 116 valence electrons. The number of ether oxygens (including phenoxy) is 1. The van der Waals surface area contributed by atoms with Gasteiger partial charge in [-0.25, -0.2) is 9.59 Å². The zero-order valence-corrected chi connectivity index (χ0v) is 13.1. The van der Waals surface area contributed by atoms with E-state index in [1.165, 1.54) is 11.3 Å². The fraction of sp³-hybridized carbons (Fsp3) is 0.571. The van der Waals surface area contributed by atoms with E-state index in [1.807, 2.05) is 13.8 Å². The Morgan fingerprint density at radius 3 is 2.71 bits per heavy atom. The number of methoxy groups -OCH3 is 1. The first kappa shape index (κ1) is 15.8. The van der Waals surface area contributed by atoms with Crippen LogP contribution in [-0.4, -0.2) is 36.4 Å². The van der Waals surface area contributed by atoms with Crippen molar-refractivity contribution in [3.05, 3.63) is 22.4 Å². The Kier molecular flexibility index (Phi) is 4.53. The molecule has 0 bridgehead atoms. The molecule has 2 amide bonds. The van der Waals surface area contributed by atoms with Crippen molar-refractivity contribution in [2.45, 2.75) is 38.5 Å². The summed E-state index contributed by atoms with van der Waals surface area (Å²) in [5.74, 6) is -1.07. The van der Waals surface area contributed by atoms with Gasteiger partial charge < -0.3 is 20.5 Å². The number of nitrogens with one attached hydrogen (secondary N) is 2. The molecule has 1 aliphatic carbocycles. The molecule has 2 rings (SSSR count). The van der Waals surface area contributed by atoms with Crippen molar-refractivity contribution in [3.8, 4) is 0 Å². The second kappa shape index (κ2) is 6.03. The van der Waals surface area contributed by atoms with Crippen LogP contribution in [-0.2, 0) is 9.53 Å². The summed E-state index contributed by atoms with van der Waals surface area (Å²) in [5, 5.41) is 16.3. The first-order valence-electron chi connectivity index (χ1n) is 6.72. The summed E-state index contributed by atoms with van der Waals surface area (Å²) in [6.45, 7) is 4.03. The number of carbonyl (C=O) groups is 2. The van der Waals surface area contributed by atoms with E-state index in [9.17, 15) is 14.7 Å². The Morgan fingerprint density at radius 1 is 1.52 bits per heavy atom. The number of thiophene rings is 1. The lowest BCUT2D eigenvalue weighted by molar-refractivity contribution is -0.139. The zero-order valence-electron chi connectivity index (χ0n) is 12.3. The molecule has 1 heterocycles. The molecule has 3 N–H and O–H groups in total. The van der Waals surface area contributed by atoms with Gasteiger partial charge in [-0.15, -0.1) is 11.3 Å². The molecule has 21 heavy (non-hydrogen) atoms. The van der Waals surface area contributed by atoms with Gasteiger partial charge in [-0.2, -0.15) is 0 Å². The molecule has 1 fully saturated rings. The third kappa shape index (κ3) is 3.19. The van der Waals surface area contributed by atoms with E-state index >= 15 is 0 Å². The molecule has 0 aliphatic heterocycles. The average Bonchev–Trinajstić information content (AvgIpc) is 2.93. The first-order valence-corrected chi connectivity index (χ1v) is 7.60. The van der Waals surface area contributed by atoms with Crippen LogP contribution in [0.25, 0.3) is 0 Å². The number of rotatable bonds is 5. The zero-order chi connectivity index (χ0) is 15.6. The van der Waals surface area contributed by atoms with Crippen LogP contribution in [0.3, 0.4) is 0 Å². The van der Waals surface area contributed by atoms with Crippen molar-refractivity contribution in [1.82, 2.24) is 10.6 Å². The molecule has 3 unspecified atom stereocenters. The van der Waals surface area contributed by atoms with Crippen molar-refractivity contribution in [2.24, 2.45) is 5.41 Å². The van der Waals surface area contributed by atoms with E-state index in [4.69, 9.17) is 4.74 Å². The quantitative estimate of drug-likeness (QED) is 0.776. The number of carboxylic acid groups (broad SMARTS) is 1. The van der Waals surface area contributed by atoms with E-state index < -0.39 is 18.0 Å². The Labute approximate surface area is 127 Å². The number of carbonyl (C=O) groups excluding carboxylic acids is 1. The highest BCUT2D eigenvalue weighted by molar-refractivity contribution is 7.10. The lowest BCUT2D eigenvalue weighted by Gasteiger charge is -2.51. The van der Waals surface area contributed by atoms with Crippen molar-refractivity contribution in [2.75, 3.05) is 7.11 Å². The third-order valence-electron chi connectivity index (χ3n) is 4.12. The lowest BCUT2D eigenvalue weighted by atomic mass is 9.64. The average molecular weight is 312 g/mol. The lowest BCUT2D eigenvalue weighted by Crippen LogP contribution is -2.63. The molecule has 0 aromatic carbocycles. The van der Waals surface area contributed by atoms with Crippen molar-refractivity contribution in [3.63, 3.8) is 0 Å². The topological polar surface area (TPSA) is 87.7 Å². The molecule has 1 aliphatic rings. The molecule has 7 heteroatoms. The second-order valence-corrected chi connectivity index (χ2v) is 6.72. The molecule has 1 aromatic rings. The maximum atomic E-state index is 12.0. The smallest absolute Gasteiger partial charge is 0.331 e. The number of aliphatic carboxylic acids is 1. The summed E-state index contributed by atoms with van der Waals surface area (Å²) in [6, 6.07) is 1.93. The highest BCUT2D eigenvalue weighted by atomic mass is 32.1. The largest absolute Gasteiger partial charge is 0.479 e. The SMILES string of the molecule is COC1CC(NC(=O)NC(C(=O)O)c2cccs2)C1(C)C. The van der Waals surface area contributed by atoms with Gasteiger partial charge in [0.05, 0.1) is 6.10 Å². The predicted octanol–water partition coefficient (Wildman–Crippen LogP) is 1.99. The standard InChI is InChI=1S/C14H20N2O4S/c1-14(2)9(7-10(14)20-3)15-13(19)16-11(12(17)18)8-5-4-6-21-8/h4-6,9-11H,7H2,1-3H3,(H,17,18)(H2,15,16,19). The summed E-state index contributed by atoms with van der Waals surface area (Å²) in [5.41, 5.74) is -0.159. The minimum atomic E-state index is -1.07. The molecular formula is C14H20N2O4S. The van der Waals surface area contributed by atoms with Crippen LogP contribution in [0.2, 0.25) is 0 Å². The number of carboxylic acids is 1. The monoisotopic (exact) mass is 312 g/mol. The van der Waals surface area contributed by atoms with E-state index in [0.717, 1.165) is 6.42 Å². The van der Waals surface area contributed by atoms with Crippen LogP contribution in [0.5, 0.6) is 0 Å². The summed E-state index contributed by atoms with van der Waals surface area (Å²) in [7, 11) is 1.65. The maximum Gasteiger partial charge on any atom is 0.331 e. The molecular weight excluding hydrogens is 292 g/mol. The van der Waals surface area contributed by atoms with Gasteiger partial charge in [0.1, 0.15) is 0 Å². The van der Waals surface area contributed by atoms with E-state index in [1.54, 1.807) is 24.6 Å². The number of hydrogen-bond donors (Lipinski definition) is 3. The molecule has 6 nitrogen and oxygen atoms in total. The van der Waals surface area contributed by atoms with Crippen LogP contribution in [0.15, 0.2) is 17.5 Å². The van der Waals surface area contributed by atoms with Crippen LogP contribution < -0.4 is 10.6 Å². The molecule has 0 spiro atoms. The number of urea groups is 1. The summed E-state index contributed by atoms with van der Waals surface area (Å²) in [4.78, 5) is 23.9. The third-order valence-corrected chi connectivity index (χ3v) is 5.05. The van der Waals surface area contributed by atoms with Gasteiger partial charge in [0.25, 0.3) is 0 Å². The molecule has 0 saturated heterocycles. The van der Waals surface area contributed by atoms with Crippen molar-refractivity contribution >= 4 is 23.3 Å². The Morgan fingerprint density at radius 2 is 2.24 bits per heavy atom. The van der Waals surface area contributed by atoms with Gasteiger partial charge in [-0.3, -0.25) is 0 Å². The molecule has 3 atom stereocenters. The van der Waals surface area contributed by atoms with Crippen LogP contribution >= 0.6 is 11.3 Å². The fourth-order valence-corrected chi connectivity index (χ4v) is 3.34. The number of amides is 2. The van der Waals surface area contributed by atoms with Gasteiger partial charge in [0.15, 0.2) is 6.04 Å². The molecule has 0 radical (unpaired) electrons.